The van der Waals surface area contributed by atoms with Crippen molar-refractivity contribution in [2.24, 2.45) is 0 Å². The Hall–Kier alpha value is -2.71. The van der Waals surface area contributed by atoms with Crippen LogP contribution in [0.3, 0.4) is 0 Å². The van der Waals surface area contributed by atoms with Crippen molar-refractivity contribution < 1.29 is 4.39 Å². The van der Waals surface area contributed by atoms with Crippen LogP contribution in [0.4, 0.5) is 4.39 Å². The first-order valence-corrected chi connectivity index (χ1v) is 11.4. The molecule has 0 spiro atoms. The molecular weight excluding hydrogens is 405 g/mol. The molecule has 1 aromatic heterocycles. The lowest BCUT2D eigenvalue weighted by atomic mass is 9.98. The molecule has 3 heteroatoms. The van der Waals surface area contributed by atoms with E-state index in [2.05, 4.69) is 24.0 Å². The maximum Gasteiger partial charge on any atom is 0.134 e. The molecule has 0 fully saturated rings. The summed E-state index contributed by atoms with van der Waals surface area (Å²) in [6.45, 7) is 2.21. The molecule has 0 unspecified atom stereocenters. The number of fused-ring (bicyclic) bond motifs is 1. The minimum atomic E-state index is -0.128. The van der Waals surface area contributed by atoms with E-state index in [1.165, 1.54) is 24.8 Å². The Kier molecular flexibility index (Phi) is 6.99. The van der Waals surface area contributed by atoms with Crippen molar-refractivity contribution in [3.8, 4) is 11.3 Å². The Morgan fingerprint density at radius 1 is 0.806 bits per heavy atom. The third kappa shape index (κ3) is 5.32. The Balaban J connectivity index is 1.50. The average molecular weight is 432 g/mol. The maximum absolute atomic E-state index is 15.1. The summed E-state index contributed by atoms with van der Waals surface area (Å²) in [6, 6.07) is 21.8. The van der Waals surface area contributed by atoms with Crippen LogP contribution in [-0.2, 0) is 19.3 Å². The van der Waals surface area contributed by atoms with Crippen molar-refractivity contribution in [2.45, 2.75) is 45.4 Å². The van der Waals surface area contributed by atoms with Gasteiger partial charge in [-0.15, -0.1) is 0 Å². The molecule has 0 amide bonds. The highest BCUT2D eigenvalue weighted by molar-refractivity contribution is 6.30. The number of aryl methyl sites for hydroxylation is 3. The zero-order valence-electron chi connectivity index (χ0n) is 17.9. The molecule has 1 heterocycles. The van der Waals surface area contributed by atoms with Crippen molar-refractivity contribution >= 4 is 22.4 Å². The molecule has 0 aliphatic rings. The van der Waals surface area contributed by atoms with Crippen molar-refractivity contribution in [2.75, 3.05) is 0 Å². The number of unbranched alkanes of at least 4 members (excludes halogenated alkanes) is 2. The first kappa shape index (κ1) is 21.5. The summed E-state index contributed by atoms with van der Waals surface area (Å²) in [4.78, 5) is 4.64. The lowest BCUT2D eigenvalue weighted by molar-refractivity contribution is 0.620. The molecule has 0 saturated carbocycles. The fourth-order valence-electron chi connectivity index (χ4n) is 3.94. The molecule has 4 rings (SSSR count). The topological polar surface area (TPSA) is 12.9 Å². The van der Waals surface area contributed by atoms with Crippen molar-refractivity contribution in [3.63, 3.8) is 0 Å². The normalized spacial score (nSPS) is 11.2. The van der Waals surface area contributed by atoms with Crippen molar-refractivity contribution in [1.82, 2.24) is 4.98 Å². The number of aromatic nitrogens is 1. The molecule has 158 valence electrons. The van der Waals surface area contributed by atoms with Gasteiger partial charge >= 0.3 is 0 Å². The second kappa shape index (κ2) is 10.1. The minimum absolute atomic E-state index is 0.128. The molecule has 0 atom stereocenters. The van der Waals surface area contributed by atoms with Crippen LogP contribution in [0.1, 0.15) is 42.9 Å². The molecule has 0 bridgehead atoms. The molecule has 0 saturated heterocycles. The summed E-state index contributed by atoms with van der Waals surface area (Å²) in [7, 11) is 0. The van der Waals surface area contributed by atoms with Gasteiger partial charge in [-0.3, -0.25) is 4.98 Å². The van der Waals surface area contributed by atoms with Crippen LogP contribution in [-0.4, -0.2) is 4.98 Å². The highest BCUT2D eigenvalue weighted by Crippen LogP contribution is 2.27. The van der Waals surface area contributed by atoms with Gasteiger partial charge in [0.25, 0.3) is 0 Å². The smallest absolute Gasteiger partial charge is 0.134 e. The van der Waals surface area contributed by atoms with Gasteiger partial charge in [-0.2, -0.15) is 0 Å². The van der Waals surface area contributed by atoms with E-state index in [-0.39, 0.29) is 5.82 Å². The highest BCUT2D eigenvalue weighted by Gasteiger charge is 2.10. The monoisotopic (exact) mass is 431 g/mol. The van der Waals surface area contributed by atoms with Crippen molar-refractivity contribution in [1.29, 1.82) is 0 Å². The molecular formula is C28H27ClFN. The first-order chi connectivity index (χ1) is 15.1. The van der Waals surface area contributed by atoms with Crippen LogP contribution >= 0.6 is 11.6 Å². The number of hydrogen-bond donors (Lipinski definition) is 0. The second-order valence-corrected chi connectivity index (χ2v) is 8.55. The van der Waals surface area contributed by atoms with Gasteiger partial charge in [0.05, 0.1) is 5.69 Å². The Labute approximate surface area is 188 Å². The van der Waals surface area contributed by atoms with Crippen molar-refractivity contribution in [3.05, 3.63) is 100 Å². The zero-order chi connectivity index (χ0) is 21.6. The van der Waals surface area contributed by atoms with E-state index in [0.717, 1.165) is 45.6 Å². The molecule has 0 radical (unpaired) electrons. The molecule has 4 aromatic rings. The SMILES string of the molecule is CCCCCc1ccc(-c2ccc3c(F)c(CCc4ccc(Cl)cc4)ccc3c2)nc1. The van der Waals surface area contributed by atoms with Gasteiger partial charge in [0.2, 0.25) is 0 Å². The van der Waals surface area contributed by atoms with E-state index < -0.39 is 0 Å². The van der Waals surface area contributed by atoms with E-state index in [4.69, 9.17) is 11.6 Å². The predicted octanol–water partition coefficient (Wildman–Crippen LogP) is 8.21. The van der Waals surface area contributed by atoms with E-state index in [9.17, 15) is 0 Å². The summed E-state index contributed by atoms with van der Waals surface area (Å²) < 4.78 is 15.1. The zero-order valence-corrected chi connectivity index (χ0v) is 18.6. The fraction of sp³-hybridized carbons (Fsp3) is 0.250. The van der Waals surface area contributed by atoms with Crippen LogP contribution in [0.15, 0.2) is 72.9 Å². The second-order valence-electron chi connectivity index (χ2n) is 8.11. The van der Waals surface area contributed by atoms with Gasteiger partial charge in [0.15, 0.2) is 0 Å². The van der Waals surface area contributed by atoms with Gasteiger partial charge in [-0.05, 0) is 72.0 Å². The summed E-state index contributed by atoms with van der Waals surface area (Å²) >= 11 is 5.95. The van der Waals surface area contributed by atoms with E-state index in [0.29, 0.717) is 11.8 Å². The van der Waals surface area contributed by atoms with Gasteiger partial charge in [0, 0.05) is 22.2 Å². The maximum atomic E-state index is 15.1. The fourth-order valence-corrected chi connectivity index (χ4v) is 4.07. The number of hydrogen-bond acceptors (Lipinski definition) is 1. The lowest BCUT2D eigenvalue weighted by Crippen LogP contribution is -1.96. The highest BCUT2D eigenvalue weighted by atomic mass is 35.5. The standard InChI is InChI=1S/C28H27ClFN/c1-2-3-4-5-21-9-17-27(31-19-21)24-13-16-26-23(18-24)12-11-22(28(26)30)10-6-20-7-14-25(29)15-8-20/h7-9,11-19H,2-6,10H2,1H3. The molecule has 31 heavy (non-hydrogen) atoms. The number of benzene rings is 3. The van der Waals surface area contributed by atoms with E-state index >= 15 is 4.39 Å². The van der Waals surface area contributed by atoms with Crippen LogP contribution < -0.4 is 0 Å². The Bertz CT molecular complexity index is 1150. The van der Waals surface area contributed by atoms with Gasteiger partial charge < -0.3 is 0 Å². The summed E-state index contributed by atoms with van der Waals surface area (Å²) in [6.07, 6.45) is 8.16. The Morgan fingerprint density at radius 3 is 2.35 bits per heavy atom. The summed E-state index contributed by atoms with van der Waals surface area (Å²) in [5, 5.41) is 2.28. The quantitative estimate of drug-likeness (QED) is 0.256. The summed E-state index contributed by atoms with van der Waals surface area (Å²) in [5.74, 6) is -0.128. The Morgan fingerprint density at radius 2 is 1.61 bits per heavy atom. The summed E-state index contributed by atoms with van der Waals surface area (Å²) in [5.41, 5.74) is 5.11. The predicted molar refractivity (Wildman–Crippen MR) is 129 cm³/mol. The number of halogens is 2. The van der Waals surface area contributed by atoms with Crippen LogP contribution in [0.2, 0.25) is 5.02 Å². The van der Waals surface area contributed by atoms with Gasteiger partial charge in [-0.25, -0.2) is 4.39 Å². The third-order valence-electron chi connectivity index (χ3n) is 5.82. The van der Waals surface area contributed by atoms with Gasteiger partial charge in [-0.1, -0.05) is 73.8 Å². The molecule has 0 aliphatic heterocycles. The molecule has 3 aromatic carbocycles. The van der Waals surface area contributed by atoms with Crippen LogP contribution in [0.5, 0.6) is 0 Å². The number of pyridine rings is 1. The largest absolute Gasteiger partial charge is 0.256 e. The van der Waals surface area contributed by atoms with Crippen LogP contribution in [0.25, 0.3) is 22.0 Å². The van der Waals surface area contributed by atoms with E-state index in [1.807, 2.05) is 60.8 Å². The van der Waals surface area contributed by atoms with Gasteiger partial charge in [0.1, 0.15) is 5.82 Å². The minimum Gasteiger partial charge on any atom is -0.256 e. The number of rotatable bonds is 8. The molecule has 1 nitrogen and oxygen atoms in total. The average Bonchev–Trinajstić information content (AvgIpc) is 2.80. The lowest BCUT2D eigenvalue weighted by Gasteiger charge is -2.09. The van der Waals surface area contributed by atoms with Crippen LogP contribution in [0, 0.1) is 5.82 Å². The molecule has 0 aliphatic carbocycles. The van der Waals surface area contributed by atoms with E-state index in [1.54, 1.807) is 0 Å². The first-order valence-electron chi connectivity index (χ1n) is 11.0. The number of nitrogens with zero attached hydrogens (tertiary/aromatic N) is 1. The molecule has 0 N–H and O–H groups in total. The third-order valence-corrected chi connectivity index (χ3v) is 6.07.